The zero-order chi connectivity index (χ0) is 15.1. The molecule has 2 rings (SSSR count). The fraction of sp³-hybridized carbons (Fsp3) is 0.812. The second kappa shape index (κ2) is 8.51. The van der Waals surface area contributed by atoms with E-state index in [0.717, 1.165) is 52.1 Å². The van der Waals surface area contributed by atoms with Crippen molar-refractivity contribution in [3.63, 3.8) is 0 Å². The third-order valence-electron chi connectivity index (χ3n) is 4.17. The third-order valence-corrected chi connectivity index (χ3v) is 4.17. The van der Waals surface area contributed by atoms with Gasteiger partial charge in [-0.05, 0) is 24.8 Å². The molecule has 1 N–H and O–H groups in total. The fourth-order valence-corrected chi connectivity index (χ4v) is 3.18. The molecule has 1 fully saturated rings. The molecule has 0 saturated carbocycles. The zero-order valence-electron chi connectivity index (χ0n) is 13.5. The van der Waals surface area contributed by atoms with Crippen molar-refractivity contribution in [2.45, 2.75) is 39.3 Å². The first-order valence-electron chi connectivity index (χ1n) is 8.23. The lowest BCUT2D eigenvalue weighted by atomic mass is 10.1. The Morgan fingerprint density at radius 2 is 2.14 bits per heavy atom. The summed E-state index contributed by atoms with van der Waals surface area (Å²) in [6.45, 7) is 11.5. The van der Waals surface area contributed by atoms with Crippen LogP contribution >= 0.6 is 0 Å². The van der Waals surface area contributed by atoms with Gasteiger partial charge in [0.05, 0.1) is 0 Å². The highest BCUT2D eigenvalue weighted by atomic mass is 16.3. The first-order chi connectivity index (χ1) is 10.2. The van der Waals surface area contributed by atoms with Crippen molar-refractivity contribution in [2.24, 2.45) is 5.92 Å². The second-order valence-electron chi connectivity index (χ2n) is 6.48. The Morgan fingerprint density at radius 3 is 2.81 bits per heavy atom. The maximum Gasteiger partial charge on any atom is 0.0489 e. The highest BCUT2D eigenvalue weighted by Crippen LogP contribution is 2.15. The largest absolute Gasteiger partial charge is 0.396 e. The second-order valence-corrected chi connectivity index (χ2v) is 6.48. The number of piperazine rings is 1. The van der Waals surface area contributed by atoms with E-state index in [0.29, 0.717) is 18.6 Å². The molecule has 1 aliphatic heterocycles. The predicted molar refractivity (Wildman–Crippen MR) is 85.2 cm³/mol. The first kappa shape index (κ1) is 16.5. The summed E-state index contributed by atoms with van der Waals surface area (Å²) in [7, 11) is 0. The zero-order valence-corrected chi connectivity index (χ0v) is 13.5. The standard InChI is InChI=1S/C16H30N4O/c1-15(2)13-19-11-10-18(14-16(19)5-12-21)7-4-9-20-8-3-6-17-20/h3,6,8,15-16,21H,4-5,7,9-14H2,1-2H3. The summed E-state index contributed by atoms with van der Waals surface area (Å²) in [5, 5.41) is 13.5. The van der Waals surface area contributed by atoms with E-state index in [9.17, 15) is 5.11 Å². The van der Waals surface area contributed by atoms with E-state index in [2.05, 4.69) is 28.7 Å². The van der Waals surface area contributed by atoms with Crippen LogP contribution in [0.5, 0.6) is 0 Å². The van der Waals surface area contributed by atoms with E-state index in [1.165, 1.54) is 0 Å². The molecule has 2 heterocycles. The molecule has 1 aliphatic rings. The number of aliphatic hydroxyl groups is 1. The van der Waals surface area contributed by atoms with Crippen molar-refractivity contribution in [1.29, 1.82) is 0 Å². The molecule has 120 valence electrons. The van der Waals surface area contributed by atoms with Crippen molar-refractivity contribution in [1.82, 2.24) is 19.6 Å². The van der Waals surface area contributed by atoms with E-state index < -0.39 is 0 Å². The van der Waals surface area contributed by atoms with Crippen LogP contribution in [0.1, 0.15) is 26.7 Å². The van der Waals surface area contributed by atoms with Crippen LogP contribution in [0.4, 0.5) is 0 Å². The van der Waals surface area contributed by atoms with Crippen molar-refractivity contribution in [2.75, 3.05) is 39.3 Å². The Morgan fingerprint density at radius 1 is 1.29 bits per heavy atom. The number of nitrogens with zero attached hydrogens (tertiary/aromatic N) is 4. The van der Waals surface area contributed by atoms with Gasteiger partial charge in [0.25, 0.3) is 0 Å². The summed E-state index contributed by atoms with van der Waals surface area (Å²) >= 11 is 0. The molecule has 5 nitrogen and oxygen atoms in total. The van der Waals surface area contributed by atoms with Crippen LogP contribution in [0.3, 0.4) is 0 Å². The van der Waals surface area contributed by atoms with Gasteiger partial charge in [0.2, 0.25) is 0 Å². The van der Waals surface area contributed by atoms with E-state index in [1.54, 1.807) is 0 Å². The number of aryl methyl sites for hydroxylation is 1. The lowest BCUT2D eigenvalue weighted by Gasteiger charge is -2.42. The van der Waals surface area contributed by atoms with Crippen molar-refractivity contribution in [3.05, 3.63) is 18.5 Å². The minimum atomic E-state index is 0.292. The Hall–Kier alpha value is -0.910. The summed E-state index contributed by atoms with van der Waals surface area (Å²) < 4.78 is 2.00. The molecule has 1 aromatic heterocycles. The van der Waals surface area contributed by atoms with Crippen LogP contribution in [-0.4, -0.2) is 70.1 Å². The molecule has 1 saturated heterocycles. The average Bonchev–Trinajstić information content (AvgIpc) is 2.94. The topological polar surface area (TPSA) is 44.5 Å². The molecule has 0 aromatic carbocycles. The average molecular weight is 294 g/mol. The van der Waals surface area contributed by atoms with Crippen LogP contribution in [-0.2, 0) is 6.54 Å². The smallest absolute Gasteiger partial charge is 0.0489 e. The van der Waals surface area contributed by atoms with E-state index in [-0.39, 0.29) is 0 Å². The molecule has 0 aliphatic carbocycles. The van der Waals surface area contributed by atoms with Crippen molar-refractivity contribution < 1.29 is 5.11 Å². The Kier molecular flexibility index (Phi) is 6.67. The molecule has 1 unspecified atom stereocenters. The third kappa shape index (κ3) is 5.41. The number of rotatable bonds is 8. The molecule has 1 aromatic rings. The van der Waals surface area contributed by atoms with E-state index in [4.69, 9.17) is 0 Å². The molecule has 5 heteroatoms. The van der Waals surface area contributed by atoms with Crippen LogP contribution in [0.25, 0.3) is 0 Å². The highest BCUT2D eigenvalue weighted by molar-refractivity contribution is 4.83. The molecule has 0 bridgehead atoms. The quantitative estimate of drug-likeness (QED) is 0.785. The molecule has 0 amide bonds. The van der Waals surface area contributed by atoms with Gasteiger partial charge in [-0.2, -0.15) is 5.10 Å². The van der Waals surface area contributed by atoms with Gasteiger partial charge in [0.15, 0.2) is 0 Å². The minimum Gasteiger partial charge on any atom is -0.396 e. The van der Waals surface area contributed by atoms with Gasteiger partial charge in [-0.3, -0.25) is 9.58 Å². The minimum absolute atomic E-state index is 0.292. The van der Waals surface area contributed by atoms with Gasteiger partial charge in [0.1, 0.15) is 0 Å². The number of aromatic nitrogens is 2. The number of hydrogen-bond donors (Lipinski definition) is 1. The predicted octanol–water partition coefficient (Wildman–Crippen LogP) is 1.30. The van der Waals surface area contributed by atoms with Gasteiger partial charge in [-0.15, -0.1) is 0 Å². The summed E-state index contributed by atoms with van der Waals surface area (Å²) in [6.07, 6.45) is 5.89. The Bertz CT molecular complexity index is 380. The lowest BCUT2D eigenvalue weighted by molar-refractivity contribution is 0.0502. The molecule has 0 spiro atoms. The Labute approximate surface area is 128 Å². The summed E-state index contributed by atoms with van der Waals surface area (Å²) in [5.74, 6) is 0.692. The number of hydrogen-bond acceptors (Lipinski definition) is 4. The van der Waals surface area contributed by atoms with Gasteiger partial charge in [-0.25, -0.2) is 0 Å². The van der Waals surface area contributed by atoms with Crippen LogP contribution in [0, 0.1) is 5.92 Å². The molecular formula is C16H30N4O. The van der Waals surface area contributed by atoms with Gasteiger partial charge in [0, 0.05) is 64.3 Å². The first-order valence-corrected chi connectivity index (χ1v) is 8.23. The van der Waals surface area contributed by atoms with E-state index >= 15 is 0 Å². The summed E-state index contributed by atoms with van der Waals surface area (Å²) in [4.78, 5) is 5.10. The number of aliphatic hydroxyl groups excluding tert-OH is 1. The van der Waals surface area contributed by atoms with Crippen LogP contribution in [0.2, 0.25) is 0 Å². The molecule has 0 radical (unpaired) electrons. The highest BCUT2D eigenvalue weighted by Gasteiger charge is 2.26. The van der Waals surface area contributed by atoms with Crippen molar-refractivity contribution >= 4 is 0 Å². The fourth-order valence-electron chi connectivity index (χ4n) is 3.18. The summed E-state index contributed by atoms with van der Waals surface area (Å²) in [5.41, 5.74) is 0. The van der Waals surface area contributed by atoms with Gasteiger partial charge >= 0.3 is 0 Å². The normalized spacial score (nSPS) is 21.2. The molecular weight excluding hydrogens is 264 g/mol. The Balaban J connectivity index is 1.75. The van der Waals surface area contributed by atoms with Crippen LogP contribution < -0.4 is 0 Å². The molecule has 1 atom stereocenters. The summed E-state index contributed by atoms with van der Waals surface area (Å²) in [6, 6.07) is 2.48. The van der Waals surface area contributed by atoms with E-state index in [1.807, 2.05) is 23.1 Å². The SMILES string of the molecule is CC(C)CN1CCN(CCCn2cccn2)CC1CCO. The monoisotopic (exact) mass is 294 g/mol. The lowest BCUT2D eigenvalue weighted by Crippen LogP contribution is -2.54. The maximum absolute atomic E-state index is 9.30. The van der Waals surface area contributed by atoms with Crippen LogP contribution in [0.15, 0.2) is 18.5 Å². The van der Waals surface area contributed by atoms with Crippen molar-refractivity contribution in [3.8, 4) is 0 Å². The van der Waals surface area contributed by atoms with Gasteiger partial charge < -0.3 is 10.0 Å². The van der Waals surface area contributed by atoms with Gasteiger partial charge in [-0.1, -0.05) is 13.8 Å². The maximum atomic E-state index is 9.30. The molecule has 21 heavy (non-hydrogen) atoms.